The van der Waals surface area contributed by atoms with Crippen LogP contribution in [0.2, 0.25) is 0 Å². The van der Waals surface area contributed by atoms with Crippen molar-refractivity contribution < 1.29 is 9.90 Å². The van der Waals surface area contributed by atoms with Gasteiger partial charge in [0.25, 0.3) is 0 Å². The van der Waals surface area contributed by atoms with Gasteiger partial charge in [-0.25, -0.2) is 0 Å². The number of rotatable bonds is 6. The van der Waals surface area contributed by atoms with Crippen LogP contribution in [0.3, 0.4) is 0 Å². The van der Waals surface area contributed by atoms with E-state index in [0.29, 0.717) is 6.42 Å². The molecule has 106 valence electrons. The molecule has 1 heterocycles. The van der Waals surface area contributed by atoms with E-state index >= 15 is 0 Å². The van der Waals surface area contributed by atoms with Gasteiger partial charge < -0.3 is 10.4 Å². The van der Waals surface area contributed by atoms with Gasteiger partial charge in [0.05, 0.1) is 12.6 Å². The van der Waals surface area contributed by atoms with Crippen molar-refractivity contribution in [2.75, 3.05) is 6.61 Å². The molecule has 20 heavy (non-hydrogen) atoms. The third-order valence-electron chi connectivity index (χ3n) is 3.19. The molecule has 0 aliphatic heterocycles. The summed E-state index contributed by atoms with van der Waals surface area (Å²) in [5, 5.41) is 16.3. The number of amides is 1. The molecule has 0 fully saturated rings. The third-order valence-corrected chi connectivity index (χ3v) is 3.19. The predicted octanol–water partition coefficient (Wildman–Crippen LogP) is 1.16. The first kappa shape index (κ1) is 14.3. The van der Waals surface area contributed by atoms with E-state index < -0.39 is 6.04 Å². The minimum atomic E-state index is -0.394. The molecule has 0 saturated heterocycles. The number of hydrogen-bond donors (Lipinski definition) is 2. The number of carbonyl (C=O) groups is 1. The summed E-state index contributed by atoms with van der Waals surface area (Å²) in [5.41, 5.74) is 1.08. The fourth-order valence-electron chi connectivity index (χ4n) is 2.01. The summed E-state index contributed by atoms with van der Waals surface area (Å²) in [7, 11) is 0. The molecule has 5 nitrogen and oxygen atoms in total. The zero-order valence-corrected chi connectivity index (χ0v) is 11.4. The van der Waals surface area contributed by atoms with E-state index in [9.17, 15) is 9.90 Å². The molecule has 0 saturated carbocycles. The Kier molecular flexibility index (Phi) is 4.90. The van der Waals surface area contributed by atoms with Crippen LogP contribution in [0.4, 0.5) is 0 Å². The molecule has 2 aromatic rings. The molecule has 2 N–H and O–H groups in total. The number of aliphatic hydroxyl groups excluding tert-OH is 1. The summed E-state index contributed by atoms with van der Waals surface area (Å²) in [4.78, 5) is 12.1. The molecule has 1 aromatic carbocycles. The molecule has 1 aromatic heterocycles. The Labute approximate surface area is 118 Å². The van der Waals surface area contributed by atoms with Crippen LogP contribution in [0.15, 0.2) is 48.8 Å². The maximum atomic E-state index is 12.1. The number of aromatic nitrogens is 2. The summed E-state index contributed by atoms with van der Waals surface area (Å²) in [6, 6.07) is 10.9. The van der Waals surface area contributed by atoms with Crippen LogP contribution >= 0.6 is 0 Å². The van der Waals surface area contributed by atoms with E-state index in [2.05, 4.69) is 10.4 Å². The quantitative estimate of drug-likeness (QED) is 0.830. The van der Waals surface area contributed by atoms with E-state index in [0.717, 1.165) is 5.56 Å². The lowest BCUT2D eigenvalue weighted by Crippen LogP contribution is -2.42. The molecular formula is C15H19N3O2. The van der Waals surface area contributed by atoms with Gasteiger partial charge in [0.1, 0.15) is 6.04 Å². The lowest BCUT2D eigenvalue weighted by atomic mass is 10.1. The molecule has 0 radical (unpaired) electrons. The minimum absolute atomic E-state index is 0.0908. The normalized spacial score (nSPS) is 13.7. The van der Waals surface area contributed by atoms with Crippen molar-refractivity contribution in [3.05, 3.63) is 54.4 Å². The highest BCUT2D eigenvalue weighted by atomic mass is 16.3. The number of nitrogens with zero attached hydrogens (tertiary/aromatic N) is 2. The molecule has 5 heteroatoms. The highest BCUT2D eigenvalue weighted by molar-refractivity contribution is 5.80. The first-order valence-electron chi connectivity index (χ1n) is 6.65. The average Bonchev–Trinajstić information content (AvgIpc) is 3.01. The summed E-state index contributed by atoms with van der Waals surface area (Å²) < 4.78 is 1.59. The molecule has 2 atom stereocenters. The smallest absolute Gasteiger partial charge is 0.244 e. The number of aliphatic hydroxyl groups is 1. The SMILES string of the molecule is CC(C(=O)NC(CO)Cc1ccccc1)n1cccn1. The van der Waals surface area contributed by atoms with Crippen LogP contribution in [0, 0.1) is 0 Å². The molecule has 0 aliphatic carbocycles. The molecule has 0 aliphatic rings. The van der Waals surface area contributed by atoms with Crippen LogP contribution in [0.1, 0.15) is 18.5 Å². The predicted molar refractivity (Wildman–Crippen MR) is 76.1 cm³/mol. The van der Waals surface area contributed by atoms with Gasteiger partial charge in [-0.05, 0) is 25.0 Å². The number of benzene rings is 1. The first-order chi connectivity index (χ1) is 9.70. The number of carbonyl (C=O) groups excluding carboxylic acids is 1. The Morgan fingerprint density at radius 3 is 2.70 bits per heavy atom. The van der Waals surface area contributed by atoms with Gasteiger partial charge in [0.15, 0.2) is 0 Å². The van der Waals surface area contributed by atoms with Gasteiger partial charge >= 0.3 is 0 Å². The topological polar surface area (TPSA) is 67.2 Å². The number of nitrogens with one attached hydrogen (secondary N) is 1. The second-order valence-electron chi connectivity index (χ2n) is 4.74. The third kappa shape index (κ3) is 3.68. The maximum absolute atomic E-state index is 12.1. The molecule has 2 rings (SSSR count). The van der Waals surface area contributed by atoms with Crippen molar-refractivity contribution in [3.63, 3.8) is 0 Å². The average molecular weight is 273 g/mol. The molecule has 0 bridgehead atoms. The summed E-state index contributed by atoms with van der Waals surface area (Å²) in [6.07, 6.45) is 3.99. The Bertz CT molecular complexity index is 525. The largest absolute Gasteiger partial charge is 0.394 e. The van der Waals surface area contributed by atoms with Gasteiger partial charge in [-0.2, -0.15) is 5.10 Å². The second kappa shape index (κ2) is 6.86. The van der Waals surface area contributed by atoms with Crippen LogP contribution < -0.4 is 5.32 Å². The lowest BCUT2D eigenvalue weighted by molar-refractivity contribution is -0.125. The standard InChI is InChI=1S/C15H19N3O2/c1-12(18-9-5-8-16-18)15(20)17-14(11-19)10-13-6-3-2-4-7-13/h2-9,12,14,19H,10-11H2,1H3,(H,17,20). The molecular weight excluding hydrogens is 254 g/mol. The van der Waals surface area contributed by atoms with E-state index in [1.807, 2.05) is 30.3 Å². The van der Waals surface area contributed by atoms with Gasteiger partial charge in [-0.15, -0.1) is 0 Å². The van der Waals surface area contributed by atoms with Crippen molar-refractivity contribution in [2.24, 2.45) is 0 Å². The van der Waals surface area contributed by atoms with Crippen LogP contribution in [-0.4, -0.2) is 33.4 Å². The fourth-order valence-corrected chi connectivity index (χ4v) is 2.01. The maximum Gasteiger partial charge on any atom is 0.244 e. The second-order valence-corrected chi connectivity index (χ2v) is 4.74. The van der Waals surface area contributed by atoms with Crippen molar-refractivity contribution >= 4 is 5.91 Å². The van der Waals surface area contributed by atoms with Crippen LogP contribution in [0.25, 0.3) is 0 Å². The van der Waals surface area contributed by atoms with Crippen molar-refractivity contribution in [2.45, 2.75) is 25.4 Å². The van der Waals surface area contributed by atoms with Crippen molar-refractivity contribution in [1.29, 1.82) is 0 Å². The fraction of sp³-hybridized carbons (Fsp3) is 0.333. The Morgan fingerprint density at radius 2 is 2.10 bits per heavy atom. The summed E-state index contributed by atoms with van der Waals surface area (Å²) in [5.74, 6) is -0.149. The zero-order chi connectivity index (χ0) is 14.4. The summed E-state index contributed by atoms with van der Waals surface area (Å²) >= 11 is 0. The van der Waals surface area contributed by atoms with E-state index in [-0.39, 0.29) is 18.6 Å². The van der Waals surface area contributed by atoms with Crippen molar-refractivity contribution in [1.82, 2.24) is 15.1 Å². The van der Waals surface area contributed by atoms with Gasteiger partial charge in [-0.3, -0.25) is 9.48 Å². The minimum Gasteiger partial charge on any atom is -0.394 e. The highest BCUT2D eigenvalue weighted by Gasteiger charge is 2.18. The molecule has 0 spiro atoms. The van der Waals surface area contributed by atoms with E-state index in [4.69, 9.17) is 0 Å². The Balaban J connectivity index is 1.94. The van der Waals surface area contributed by atoms with Crippen LogP contribution in [0.5, 0.6) is 0 Å². The van der Waals surface area contributed by atoms with E-state index in [1.54, 1.807) is 30.1 Å². The van der Waals surface area contributed by atoms with Gasteiger partial charge in [0, 0.05) is 12.4 Å². The molecule has 1 amide bonds. The van der Waals surface area contributed by atoms with Crippen molar-refractivity contribution in [3.8, 4) is 0 Å². The zero-order valence-electron chi connectivity index (χ0n) is 11.4. The summed E-state index contributed by atoms with van der Waals surface area (Å²) in [6.45, 7) is 1.69. The first-order valence-corrected chi connectivity index (χ1v) is 6.65. The molecule has 2 unspecified atom stereocenters. The van der Waals surface area contributed by atoms with Gasteiger partial charge in [0.2, 0.25) is 5.91 Å². The van der Waals surface area contributed by atoms with Crippen LogP contribution in [-0.2, 0) is 11.2 Å². The van der Waals surface area contributed by atoms with Gasteiger partial charge in [-0.1, -0.05) is 30.3 Å². The number of hydrogen-bond acceptors (Lipinski definition) is 3. The highest BCUT2D eigenvalue weighted by Crippen LogP contribution is 2.06. The van der Waals surface area contributed by atoms with E-state index in [1.165, 1.54) is 0 Å². The Hall–Kier alpha value is -2.14. The lowest BCUT2D eigenvalue weighted by Gasteiger charge is -2.19. The monoisotopic (exact) mass is 273 g/mol. The Morgan fingerprint density at radius 1 is 1.35 bits per heavy atom.